The van der Waals surface area contributed by atoms with Gasteiger partial charge in [-0.1, -0.05) is 23.8 Å². The highest BCUT2D eigenvalue weighted by Gasteiger charge is 2.44. The number of aryl methyl sites for hydroxylation is 1. The molecule has 1 aromatic carbocycles. The Labute approximate surface area is 120 Å². The minimum Gasteiger partial charge on any atom is -0.341 e. The van der Waals surface area contributed by atoms with Crippen LogP contribution in [0.15, 0.2) is 18.2 Å². The van der Waals surface area contributed by atoms with E-state index in [4.69, 9.17) is 0 Å². The second-order valence-corrected chi connectivity index (χ2v) is 6.10. The monoisotopic (exact) mass is 273 g/mol. The Morgan fingerprint density at radius 1 is 1.35 bits per heavy atom. The van der Waals surface area contributed by atoms with E-state index in [0.717, 1.165) is 32.4 Å². The molecule has 0 aromatic heterocycles. The highest BCUT2D eigenvalue weighted by molar-refractivity contribution is 5.74. The maximum Gasteiger partial charge on any atom is 0.315 e. The highest BCUT2D eigenvalue weighted by atomic mass is 16.2. The van der Waals surface area contributed by atoms with E-state index in [2.05, 4.69) is 41.1 Å². The van der Waals surface area contributed by atoms with Gasteiger partial charge in [-0.05, 0) is 50.4 Å². The van der Waals surface area contributed by atoms with Gasteiger partial charge in [0.05, 0.1) is 6.04 Å². The number of fused-ring (bicyclic) bond motifs is 2. The molecule has 108 valence electrons. The molecule has 0 radical (unpaired) electrons. The fourth-order valence-corrected chi connectivity index (χ4v) is 3.78. The fraction of sp³-hybridized carbons (Fsp3) is 0.562. The van der Waals surface area contributed by atoms with Gasteiger partial charge < -0.3 is 16.0 Å². The molecule has 1 aromatic rings. The fourth-order valence-electron chi connectivity index (χ4n) is 3.78. The van der Waals surface area contributed by atoms with Crippen LogP contribution in [0.4, 0.5) is 4.79 Å². The number of urea groups is 1. The van der Waals surface area contributed by atoms with Crippen LogP contribution in [0, 0.1) is 6.92 Å². The first-order valence-corrected chi connectivity index (χ1v) is 7.45. The first kappa shape index (κ1) is 13.4. The van der Waals surface area contributed by atoms with Crippen LogP contribution in [0.5, 0.6) is 0 Å². The van der Waals surface area contributed by atoms with E-state index in [1.165, 1.54) is 16.7 Å². The molecule has 3 N–H and O–H groups in total. The molecule has 1 aliphatic carbocycles. The third-order valence-electron chi connectivity index (χ3n) is 4.84. The predicted molar refractivity (Wildman–Crippen MR) is 79.9 cm³/mol. The van der Waals surface area contributed by atoms with E-state index in [1.807, 2.05) is 0 Å². The van der Waals surface area contributed by atoms with Gasteiger partial charge in [0.25, 0.3) is 0 Å². The van der Waals surface area contributed by atoms with Crippen molar-refractivity contribution in [1.29, 1.82) is 0 Å². The highest BCUT2D eigenvalue weighted by Crippen LogP contribution is 2.50. The van der Waals surface area contributed by atoms with Crippen molar-refractivity contribution in [2.24, 2.45) is 0 Å². The van der Waals surface area contributed by atoms with E-state index < -0.39 is 0 Å². The van der Waals surface area contributed by atoms with Gasteiger partial charge in [0.1, 0.15) is 0 Å². The zero-order valence-corrected chi connectivity index (χ0v) is 12.3. The Morgan fingerprint density at radius 3 is 2.80 bits per heavy atom. The van der Waals surface area contributed by atoms with Crippen molar-refractivity contribution in [2.45, 2.75) is 37.6 Å². The molecular weight excluding hydrogens is 250 g/mol. The van der Waals surface area contributed by atoms with Crippen LogP contribution in [0.25, 0.3) is 0 Å². The lowest BCUT2D eigenvalue weighted by Crippen LogP contribution is -2.40. The van der Waals surface area contributed by atoms with Gasteiger partial charge in [0, 0.05) is 12.5 Å². The van der Waals surface area contributed by atoms with Gasteiger partial charge >= 0.3 is 6.03 Å². The number of amides is 2. The average molecular weight is 273 g/mol. The third kappa shape index (κ3) is 2.18. The molecule has 20 heavy (non-hydrogen) atoms. The lowest BCUT2D eigenvalue weighted by atomic mass is 9.74. The third-order valence-corrected chi connectivity index (χ3v) is 4.84. The summed E-state index contributed by atoms with van der Waals surface area (Å²) in [6.45, 7) is 4.29. The maximum absolute atomic E-state index is 11.7. The number of nitrogens with one attached hydrogen (secondary N) is 3. The van der Waals surface area contributed by atoms with Crippen LogP contribution in [0.2, 0.25) is 0 Å². The molecule has 2 aliphatic rings. The lowest BCUT2D eigenvalue weighted by molar-refractivity contribution is 0.233. The molecule has 0 bridgehead atoms. The summed E-state index contributed by atoms with van der Waals surface area (Å²) in [5.74, 6) is 0. The van der Waals surface area contributed by atoms with Crippen molar-refractivity contribution in [1.82, 2.24) is 16.0 Å². The summed E-state index contributed by atoms with van der Waals surface area (Å²) in [4.78, 5) is 11.7. The van der Waals surface area contributed by atoms with Gasteiger partial charge in [-0.25, -0.2) is 4.79 Å². The zero-order chi connectivity index (χ0) is 14.2. The summed E-state index contributed by atoms with van der Waals surface area (Å²) in [6, 6.07) is 6.72. The Bertz CT molecular complexity index is 520. The average Bonchev–Trinajstić information content (AvgIpc) is 2.73. The number of piperidine rings is 1. The molecule has 3 rings (SSSR count). The van der Waals surface area contributed by atoms with E-state index in [9.17, 15) is 4.79 Å². The van der Waals surface area contributed by atoms with Crippen LogP contribution in [0.1, 0.15) is 42.0 Å². The number of carbonyl (C=O) groups excluding carboxylic acids is 1. The van der Waals surface area contributed by atoms with Crippen LogP contribution < -0.4 is 16.0 Å². The second-order valence-electron chi connectivity index (χ2n) is 6.10. The molecular formula is C16H23N3O. The van der Waals surface area contributed by atoms with Gasteiger partial charge in [-0.3, -0.25) is 0 Å². The minimum absolute atomic E-state index is 0.0903. The molecule has 1 aliphatic heterocycles. The SMILES string of the molecule is CNC(=O)N[C@H]1CC2(CCNCC2)c2cc(C)ccc21. The van der Waals surface area contributed by atoms with Crippen molar-refractivity contribution < 1.29 is 4.79 Å². The number of hydrogen-bond donors (Lipinski definition) is 3. The Morgan fingerprint density at radius 2 is 2.10 bits per heavy atom. The predicted octanol–water partition coefficient (Wildman–Crippen LogP) is 1.99. The molecule has 1 fully saturated rings. The minimum atomic E-state index is -0.0903. The van der Waals surface area contributed by atoms with Crippen LogP contribution in [-0.4, -0.2) is 26.2 Å². The van der Waals surface area contributed by atoms with Crippen LogP contribution in [0.3, 0.4) is 0 Å². The molecule has 1 atom stereocenters. The zero-order valence-electron chi connectivity index (χ0n) is 12.3. The number of carbonyl (C=O) groups is 1. The normalized spacial score (nSPS) is 23.4. The van der Waals surface area contributed by atoms with Gasteiger partial charge in [0.2, 0.25) is 0 Å². The summed E-state index contributed by atoms with van der Waals surface area (Å²) in [7, 11) is 1.67. The molecule has 0 unspecified atom stereocenters. The summed E-state index contributed by atoms with van der Waals surface area (Å²) < 4.78 is 0. The lowest BCUT2D eigenvalue weighted by Gasteiger charge is -2.35. The Kier molecular flexibility index (Phi) is 3.42. The molecule has 1 heterocycles. The molecule has 0 saturated carbocycles. The van der Waals surface area contributed by atoms with Crippen molar-refractivity contribution in [3.63, 3.8) is 0 Å². The molecule has 2 amide bonds. The van der Waals surface area contributed by atoms with Crippen molar-refractivity contribution in [3.8, 4) is 0 Å². The standard InChI is InChI=1S/C16H23N3O/c1-11-3-4-12-13(9-11)16(5-7-18-8-6-16)10-14(12)19-15(20)17-2/h3-4,9,14,18H,5-8,10H2,1-2H3,(H2,17,19,20)/t14-/m0/s1. The molecule has 1 saturated heterocycles. The summed E-state index contributed by atoms with van der Waals surface area (Å²) in [5, 5.41) is 9.22. The molecule has 4 heteroatoms. The summed E-state index contributed by atoms with van der Waals surface area (Å²) >= 11 is 0. The smallest absolute Gasteiger partial charge is 0.315 e. The van der Waals surface area contributed by atoms with Crippen LogP contribution >= 0.6 is 0 Å². The van der Waals surface area contributed by atoms with Crippen LogP contribution in [-0.2, 0) is 5.41 Å². The van der Waals surface area contributed by atoms with Crippen molar-refractivity contribution in [3.05, 3.63) is 34.9 Å². The van der Waals surface area contributed by atoms with E-state index in [-0.39, 0.29) is 17.5 Å². The largest absolute Gasteiger partial charge is 0.341 e. The number of hydrogen-bond acceptors (Lipinski definition) is 2. The quantitative estimate of drug-likeness (QED) is 0.733. The number of benzene rings is 1. The maximum atomic E-state index is 11.7. The Hall–Kier alpha value is -1.55. The van der Waals surface area contributed by atoms with Crippen molar-refractivity contribution in [2.75, 3.05) is 20.1 Å². The van der Waals surface area contributed by atoms with Gasteiger partial charge in [-0.2, -0.15) is 0 Å². The van der Waals surface area contributed by atoms with Gasteiger partial charge in [0.15, 0.2) is 0 Å². The number of rotatable bonds is 1. The summed E-state index contributed by atoms with van der Waals surface area (Å²) in [5.41, 5.74) is 4.32. The Balaban J connectivity index is 1.97. The van der Waals surface area contributed by atoms with E-state index >= 15 is 0 Å². The van der Waals surface area contributed by atoms with Crippen molar-refractivity contribution >= 4 is 6.03 Å². The first-order chi connectivity index (χ1) is 9.64. The van der Waals surface area contributed by atoms with E-state index in [0.29, 0.717) is 0 Å². The topological polar surface area (TPSA) is 53.2 Å². The second kappa shape index (κ2) is 5.09. The summed E-state index contributed by atoms with van der Waals surface area (Å²) in [6.07, 6.45) is 3.35. The van der Waals surface area contributed by atoms with E-state index in [1.54, 1.807) is 7.05 Å². The first-order valence-electron chi connectivity index (χ1n) is 7.45. The van der Waals surface area contributed by atoms with Gasteiger partial charge in [-0.15, -0.1) is 0 Å². The molecule has 4 nitrogen and oxygen atoms in total. The molecule has 1 spiro atoms.